The van der Waals surface area contributed by atoms with Crippen molar-refractivity contribution in [2.24, 2.45) is 0 Å². The molecule has 16 heavy (non-hydrogen) atoms. The van der Waals surface area contributed by atoms with Crippen LogP contribution in [0.3, 0.4) is 0 Å². The van der Waals surface area contributed by atoms with Crippen LogP contribution in [0.15, 0.2) is 12.1 Å². The van der Waals surface area contributed by atoms with E-state index in [1.807, 2.05) is 11.3 Å². The van der Waals surface area contributed by atoms with Crippen LogP contribution in [0.1, 0.15) is 36.1 Å². The van der Waals surface area contributed by atoms with E-state index in [4.69, 9.17) is 0 Å². The summed E-state index contributed by atoms with van der Waals surface area (Å²) in [7, 11) is 2.07. The van der Waals surface area contributed by atoms with Crippen molar-refractivity contribution in [3.05, 3.63) is 21.9 Å². The first-order chi connectivity index (χ1) is 7.74. The first-order valence-corrected chi connectivity index (χ1v) is 7.06. The molecule has 0 spiro atoms. The van der Waals surface area contributed by atoms with Gasteiger partial charge in [-0.2, -0.15) is 0 Å². The summed E-state index contributed by atoms with van der Waals surface area (Å²) in [5.74, 6) is 0. The standard InChI is InChI=1S/C13H22N2S/c1-4-12-5-6-13(16-12)10(2)15-8-7-11(9-15)14-3/h5-6,10-11,14H,4,7-9H2,1-3H3. The van der Waals surface area contributed by atoms with Gasteiger partial charge in [-0.05, 0) is 38.9 Å². The molecule has 3 heteroatoms. The zero-order valence-electron chi connectivity index (χ0n) is 10.5. The van der Waals surface area contributed by atoms with Crippen LogP contribution in [0.4, 0.5) is 0 Å². The lowest BCUT2D eigenvalue weighted by Crippen LogP contribution is -2.30. The smallest absolute Gasteiger partial charge is 0.0414 e. The molecule has 90 valence electrons. The van der Waals surface area contributed by atoms with E-state index in [0.29, 0.717) is 12.1 Å². The third kappa shape index (κ3) is 2.47. The Labute approximate surface area is 103 Å². The number of nitrogens with zero attached hydrogens (tertiary/aromatic N) is 1. The van der Waals surface area contributed by atoms with Gasteiger partial charge in [0.15, 0.2) is 0 Å². The molecule has 0 radical (unpaired) electrons. The van der Waals surface area contributed by atoms with Gasteiger partial charge in [-0.1, -0.05) is 6.92 Å². The highest BCUT2D eigenvalue weighted by molar-refractivity contribution is 7.12. The lowest BCUT2D eigenvalue weighted by molar-refractivity contribution is 0.260. The molecule has 1 saturated heterocycles. The third-order valence-electron chi connectivity index (χ3n) is 3.62. The van der Waals surface area contributed by atoms with Gasteiger partial charge >= 0.3 is 0 Å². The molecule has 2 rings (SSSR count). The average Bonchev–Trinajstić information content (AvgIpc) is 2.97. The van der Waals surface area contributed by atoms with Crippen molar-refractivity contribution < 1.29 is 0 Å². The SMILES string of the molecule is CCc1ccc(C(C)N2CCC(NC)C2)s1. The fraction of sp³-hybridized carbons (Fsp3) is 0.692. The fourth-order valence-electron chi connectivity index (χ4n) is 2.36. The van der Waals surface area contributed by atoms with Gasteiger partial charge in [-0.15, -0.1) is 11.3 Å². The van der Waals surface area contributed by atoms with Crippen molar-refractivity contribution in [2.75, 3.05) is 20.1 Å². The maximum absolute atomic E-state index is 3.38. The summed E-state index contributed by atoms with van der Waals surface area (Å²) in [6.07, 6.45) is 2.45. The molecule has 1 aliphatic rings. The van der Waals surface area contributed by atoms with Crippen LogP contribution < -0.4 is 5.32 Å². The van der Waals surface area contributed by atoms with Crippen molar-refractivity contribution in [3.63, 3.8) is 0 Å². The topological polar surface area (TPSA) is 15.3 Å². The zero-order chi connectivity index (χ0) is 11.5. The van der Waals surface area contributed by atoms with Crippen LogP contribution >= 0.6 is 11.3 Å². The quantitative estimate of drug-likeness (QED) is 0.867. The number of nitrogens with one attached hydrogen (secondary N) is 1. The van der Waals surface area contributed by atoms with Gasteiger partial charge in [-0.25, -0.2) is 0 Å². The van der Waals surface area contributed by atoms with Gasteiger partial charge in [0.1, 0.15) is 0 Å². The van der Waals surface area contributed by atoms with E-state index in [2.05, 4.69) is 43.2 Å². The molecule has 1 aliphatic heterocycles. The Hall–Kier alpha value is -0.380. The van der Waals surface area contributed by atoms with E-state index in [9.17, 15) is 0 Å². The summed E-state index contributed by atoms with van der Waals surface area (Å²) in [5, 5.41) is 3.38. The molecular formula is C13H22N2S. The first-order valence-electron chi connectivity index (χ1n) is 6.24. The molecule has 2 heterocycles. The maximum atomic E-state index is 3.38. The highest BCUT2D eigenvalue weighted by Crippen LogP contribution is 2.30. The monoisotopic (exact) mass is 238 g/mol. The van der Waals surface area contributed by atoms with Gasteiger partial charge in [0.05, 0.1) is 0 Å². The molecule has 0 aromatic carbocycles. The van der Waals surface area contributed by atoms with Crippen molar-refractivity contribution in [1.29, 1.82) is 0 Å². The van der Waals surface area contributed by atoms with E-state index in [0.717, 1.165) is 6.42 Å². The minimum atomic E-state index is 0.587. The molecule has 2 atom stereocenters. The summed E-state index contributed by atoms with van der Waals surface area (Å²) < 4.78 is 0. The molecule has 0 aliphatic carbocycles. The molecule has 0 saturated carbocycles. The second-order valence-corrected chi connectivity index (χ2v) is 5.80. The van der Waals surface area contributed by atoms with Gasteiger partial charge in [0.2, 0.25) is 0 Å². The van der Waals surface area contributed by atoms with Crippen LogP contribution in [-0.2, 0) is 6.42 Å². The van der Waals surface area contributed by atoms with Gasteiger partial charge in [0.25, 0.3) is 0 Å². The average molecular weight is 238 g/mol. The second kappa shape index (κ2) is 5.30. The minimum absolute atomic E-state index is 0.587. The summed E-state index contributed by atoms with van der Waals surface area (Å²) >= 11 is 1.97. The van der Waals surface area contributed by atoms with Crippen molar-refractivity contribution in [3.8, 4) is 0 Å². The van der Waals surface area contributed by atoms with Gasteiger partial charge in [0, 0.05) is 34.9 Å². The molecule has 1 aromatic heterocycles. The number of aryl methyl sites for hydroxylation is 1. The van der Waals surface area contributed by atoms with Crippen molar-refractivity contribution >= 4 is 11.3 Å². The molecule has 0 bridgehead atoms. The molecule has 1 aromatic rings. The van der Waals surface area contributed by atoms with Crippen LogP contribution in [0.2, 0.25) is 0 Å². The van der Waals surface area contributed by atoms with Crippen LogP contribution in [0.25, 0.3) is 0 Å². The maximum Gasteiger partial charge on any atom is 0.0414 e. The largest absolute Gasteiger partial charge is 0.316 e. The van der Waals surface area contributed by atoms with Crippen LogP contribution in [0.5, 0.6) is 0 Å². The number of likely N-dealkylation sites (N-methyl/N-ethyl adjacent to an activating group) is 1. The number of rotatable bonds is 4. The van der Waals surface area contributed by atoms with E-state index in [1.54, 1.807) is 0 Å². The molecule has 1 N–H and O–H groups in total. The van der Waals surface area contributed by atoms with Crippen molar-refractivity contribution in [1.82, 2.24) is 10.2 Å². The zero-order valence-corrected chi connectivity index (χ0v) is 11.3. The third-order valence-corrected chi connectivity index (χ3v) is 5.02. The van der Waals surface area contributed by atoms with Crippen LogP contribution in [0, 0.1) is 0 Å². The Morgan fingerprint density at radius 2 is 2.38 bits per heavy atom. The fourth-order valence-corrected chi connectivity index (χ4v) is 3.40. The number of hydrogen-bond acceptors (Lipinski definition) is 3. The van der Waals surface area contributed by atoms with E-state index in [1.165, 1.54) is 29.3 Å². The molecule has 1 fully saturated rings. The van der Waals surface area contributed by atoms with E-state index >= 15 is 0 Å². The summed E-state index contributed by atoms with van der Waals surface area (Å²) in [6, 6.07) is 5.86. The lowest BCUT2D eigenvalue weighted by Gasteiger charge is -2.23. The summed E-state index contributed by atoms with van der Waals surface area (Å²) in [6.45, 7) is 6.99. The first kappa shape index (κ1) is 12.1. The molecule has 0 amide bonds. The Morgan fingerprint density at radius 3 is 2.94 bits per heavy atom. The highest BCUT2D eigenvalue weighted by Gasteiger charge is 2.26. The predicted octanol–water partition coefficient (Wildman–Crippen LogP) is 2.67. The Bertz CT molecular complexity index is 334. The normalized spacial score (nSPS) is 23.8. The Kier molecular flexibility index (Phi) is 4.00. The Morgan fingerprint density at radius 1 is 1.56 bits per heavy atom. The summed E-state index contributed by atoms with van der Waals surface area (Å²) in [5.41, 5.74) is 0. The molecular weight excluding hydrogens is 216 g/mol. The molecule has 2 nitrogen and oxygen atoms in total. The lowest BCUT2D eigenvalue weighted by atomic mass is 10.2. The van der Waals surface area contributed by atoms with Gasteiger partial charge < -0.3 is 5.32 Å². The van der Waals surface area contributed by atoms with Crippen molar-refractivity contribution in [2.45, 2.75) is 38.8 Å². The predicted molar refractivity (Wildman–Crippen MR) is 71.1 cm³/mol. The molecule has 2 unspecified atom stereocenters. The van der Waals surface area contributed by atoms with Gasteiger partial charge in [-0.3, -0.25) is 4.90 Å². The summed E-state index contributed by atoms with van der Waals surface area (Å²) in [4.78, 5) is 5.62. The highest BCUT2D eigenvalue weighted by atomic mass is 32.1. The number of hydrogen-bond donors (Lipinski definition) is 1. The minimum Gasteiger partial charge on any atom is -0.316 e. The number of thiophene rings is 1. The van der Waals surface area contributed by atoms with E-state index < -0.39 is 0 Å². The number of likely N-dealkylation sites (tertiary alicyclic amines) is 1. The Balaban J connectivity index is 1.99. The van der Waals surface area contributed by atoms with Crippen LogP contribution in [-0.4, -0.2) is 31.1 Å². The second-order valence-electron chi connectivity index (χ2n) is 4.60. The van der Waals surface area contributed by atoms with E-state index in [-0.39, 0.29) is 0 Å².